The van der Waals surface area contributed by atoms with Crippen molar-refractivity contribution >= 4 is 24.6 Å². The lowest BCUT2D eigenvalue weighted by atomic mass is 10.2. The van der Waals surface area contributed by atoms with Crippen LogP contribution in [0.5, 0.6) is 0 Å². The molecule has 0 aliphatic heterocycles. The lowest BCUT2D eigenvalue weighted by molar-refractivity contribution is -0.122. The summed E-state index contributed by atoms with van der Waals surface area (Å²) in [5.41, 5.74) is 0. The molecule has 0 aromatic heterocycles. The van der Waals surface area contributed by atoms with Crippen molar-refractivity contribution in [2.24, 2.45) is 0 Å². The van der Waals surface area contributed by atoms with Crippen LogP contribution in [0.2, 0.25) is 5.04 Å². The molecule has 1 atom stereocenters. The molecule has 0 heterocycles. The molecule has 2 N–H and O–H groups in total. The third-order valence-corrected chi connectivity index (χ3v) is 11.8. The topological polar surface area (TPSA) is 58.6 Å². The largest absolute Gasteiger partial charge is 0.405 e. The van der Waals surface area contributed by atoms with E-state index < -0.39 is 8.32 Å². The monoisotopic (exact) mass is 571 g/mol. The maximum atomic E-state index is 12.6. The second kappa shape index (κ2) is 19.0. The Bertz CT molecular complexity index is 1110. The molecule has 0 aliphatic rings. The van der Waals surface area contributed by atoms with Crippen LogP contribution in [0.4, 0.5) is 0 Å². The molecule has 0 spiro atoms. The minimum atomic E-state index is -2.62. The lowest BCUT2D eigenvalue weighted by Crippen LogP contribution is -2.67. The predicted molar refractivity (Wildman–Crippen MR) is 176 cm³/mol. The second-order valence-electron chi connectivity index (χ2n) is 11.3. The van der Waals surface area contributed by atoms with E-state index in [-0.39, 0.29) is 23.6 Å². The summed E-state index contributed by atoms with van der Waals surface area (Å²) >= 11 is 0. The molecule has 0 fully saturated rings. The third-order valence-electron chi connectivity index (χ3n) is 6.76. The van der Waals surface area contributed by atoms with Gasteiger partial charge in [-0.05, 0) is 48.0 Å². The SMILES string of the molecule is C[C@H](CO[Si](c1ccccc1)(c1ccccc1)C(C)(C)C)NC(=O)CCCC#CC/C=C\C/C=C\C/C=C\CCO. The molecule has 2 aromatic rings. The summed E-state index contributed by atoms with van der Waals surface area (Å²) in [6, 6.07) is 21.1. The van der Waals surface area contributed by atoms with Gasteiger partial charge in [0.2, 0.25) is 5.91 Å². The first-order chi connectivity index (χ1) is 19.8. The van der Waals surface area contributed by atoms with Crippen LogP contribution in [-0.2, 0) is 9.22 Å². The first-order valence-corrected chi connectivity index (χ1v) is 16.8. The molecule has 0 bridgehead atoms. The van der Waals surface area contributed by atoms with Gasteiger partial charge in [0.05, 0.1) is 6.61 Å². The Morgan fingerprint density at radius 3 is 2.02 bits per heavy atom. The fourth-order valence-corrected chi connectivity index (χ4v) is 9.43. The number of hydrogen-bond donors (Lipinski definition) is 2. The van der Waals surface area contributed by atoms with Crippen molar-refractivity contribution in [3.8, 4) is 11.8 Å². The Morgan fingerprint density at radius 2 is 1.46 bits per heavy atom. The van der Waals surface area contributed by atoms with Crippen LogP contribution in [0.15, 0.2) is 97.1 Å². The number of rotatable bonds is 16. The molecule has 2 rings (SSSR count). The van der Waals surface area contributed by atoms with Gasteiger partial charge < -0.3 is 14.8 Å². The van der Waals surface area contributed by atoms with Gasteiger partial charge in [-0.1, -0.05) is 124 Å². The second-order valence-corrected chi connectivity index (χ2v) is 15.6. The summed E-state index contributed by atoms with van der Waals surface area (Å²) in [5, 5.41) is 14.2. The average Bonchev–Trinajstić information content (AvgIpc) is 2.96. The predicted octanol–water partition coefficient (Wildman–Crippen LogP) is 6.46. The Balaban J connectivity index is 1.79. The van der Waals surface area contributed by atoms with Crippen molar-refractivity contribution in [3.05, 3.63) is 97.1 Å². The minimum Gasteiger partial charge on any atom is -0.405 e. The maximum Gasteiger partial charge on any atom is 0.261 e. The highest BCUT2D eigenvalue weighted by Crippen LogP contribution is 2.36. The number of amides is 1. The molecule has 0 saturated heterocycles. The van der Waals surface area contributed by atoms with Gasteiger partial charge in [0.15, 0.2) is 0 Å². The molecule has 0 saturated carbocycles. The maximum absolute atomic E-state index is 12.6. The highest BCUT2D eigenvalue weighted by Gasteiger charge is 2.50. The van der Waals surface area contributed by atoms with Crippen molar-refractivity contribution < 1.29 is 14.3 Å². The van der Waals surface area contributed by atoms with Crippen LogP contribution >= 0.6 is 0 Å². The molecule has 0 unspecified atom stereocenters. The van der Waals surface area contributed by atoms with E-state index in [9.17, 15) is 4.79 Å². The van der Waals surface area contributed by atoms with Crippen molar-refractivity contribution in [2.75, 3.05) is 13.2 Å². The van der Waals surface area contributed by atoms with Crippen molar-refractivity contribution in [1.82, 2.24) is 5.32 Å². The van der Waals surface area contributed by atoms with E-state index in [0.717, 1.165) is 32.1 Å². The highest BCUT2D eigenvalue weighted by molar-refractivity contribution is 6.99. The van der Waals surface area contributed by atoms with Crippen LogP contribution < -0.4 is 15.7 Å². The van der Waals surface area contributed by atoms with Gasteiger partial charge in [0.25, 0.3) is 8.32 Å². The van der Waals surface area contributed by atoms with Crippen molar-refractivity contribution in [1.29, 1.82) is 0 Å². The summed E-state index contributed by atoms with van der Waals surface area (Å²) in [6.45, 7) is 9.47. The smallest absolute Gasteiger partial charge is 0.261 e. The van der Waals surface area contributed by atoms with Gasteiger partial charge in [-0.15, -0.1) is 5.92 Å². The van der Waals surface area contributed by atoms with E-state index in [1.54, 1.807) is 0 Å². The number of allylic oxidation sites excluding steroid dienone is 5. The zero-order valence-electron chi connectivity index (χ0n) is 25.4. The summed E-state index contributed by atoms with van der Waals surface area (Å²) in [6.07, 6.45) is 17.7. The number of aliphatic hydroxyl groups excluding tert-OH is 1. The van der Waals surface area contributed by atoms with Gasteiger partial charge in [-0.3, -0.25) is 4.79 Å². The summed E-state index contributed by atoms with van der Waals surface area (Å²) in [4.78, 5) is 12.6. The first kappa shape index (κ1) is 34.0. The van der Waals surface area contributed by atoms with Crippen molar-refractivity contribution in [3.63, 3.8) is 0 Å². The Hall–Kier alpha value is -3.17. The molecule has 0 aliphatic carbocycles. The van der Waals surface area contributed by atoms with Crippen LogP contribution in [0.25, 0.3) is 0 Å². The van der Waals surface area contributed by atoms with E-state index in [1.165, 1.54) is 10.4 Å². The number of carbonyl (C=O) groups is 1. The Labute approximate surface area is 249 Å². The van der Waals surface area contributed by atoms with Gasteiger partial charge in [0, 0.05) is 31.9 Å². The van der Waals surface area contributed by atoms with Crippen LogP contribution in [-0.4, -0.2) is 38.6 Å². The van der Waals surface area contributed by atoms with E-state index in [2.05, 4.69) is 117 Å². The first-order valence-electron chi connectivity index (χ1n) is 14.9. The standard InChI is InChI=1S/C36H49NO3Si/c1-32(37-35(39)29-23-15-13-11-9-7-5-6-8-10-12-14-16-24-30-38)31-40-41(36(2,3)4,33-25-19-17-20-26-33)34-27-21-18-22-28-34/h5,7-8,10,14,16-22,25-28,32,38H,6,9,12,15,23-24,29-31H2,1-4H3,(H,37,39)/b7-5-,10-8-,16-14-/t32-/m1/s1. The normalized spacial score (nSPS) is 13.0. The summed E-state index contributed by atoms with van der Waals surface area (Å²) < 4.78 is 6.94. The molecule has 5 heteroatoms. The molecule has 4 nitrogen and oxygen atoms in total. The lowest BCUT2D eigenvalue weighted by Gasteiger charge is -2.43. The van der Waals surface area contributed by atoms with Crippen LogP contribution in [0.3, 0.4) is 0 Å². The molecular formula is C36H49NO3Si. The van der Waals surface area contributed by atoms with Gasteiger partial charge in [-0.2, -0.15) is 0 Å². The number of unbranched alkanes of at least 4 members (excludes halogenated alkanes) is 1. The number of nitrogens with one attached hydrogen (secondary N) is 1. The molecule has 41 heavy (non-hydrogen) atoms. The van der Waals surface area contributed by atoms with Gasteiger partial charge in [-0.25, -0.2) is 0 Å². The number of hydrogen-bond acceptors (Lipinski definition) is 3. The number of benzene rings is 2. The minimum absolute atomic E-state index is 0.0447. The zero-order valence-corrected chi connectivity index (χ0v) is 26.4. The Morgan fingerprint density at radius 1 is 0.902 bits per heavy atom. The summed E-state index contributed by atoms with van der Waals surface area (Å²) in [7, 11) is -2.62. The molecule has 220 valence electrons. The fraction of sp³-hybridized carbons (Fsp3) is 0.417. The molecule has 0 radical (unpaired) electrons. The summed E-state index contributed by atoms with van der Waals surface area (Å²) in [5.74, 6) is 6.38. The fourth-order valence-electron chi connectivity index (χ4n) is 4.77. The quantitative estimate of drug-likeness (QED) is 0.105. The number of aliphatic hydroxyl groups is 1. The third kappa shape index (κ3) is 12.1. The molecule has 2 aromatic carbocycles. The van der Waals surface area contributed by atoms with Crippen LogP contribution in [0.1, 0.15) is 72.6 Å². The zero-order chi connectivity index (χ0) is 29.8. The number of carbonyl (C=O) groups excluding carboxylic acids is 1. The molecule has 1 amide bonds. The highest BCUT2D eigenvalue weighted by atomic mass is 28.4. The van der Waals surface area contributed by atoms with Gasteiger partial charge in [0.1, 0.15) is 0 Å². The van der Waals surface area contributed by atoms with E-state index in [0.29, 0.717) is 19.4 Å². The van der Waals surface area contributed by atoms with E-state index >= 15 is 0 Å². The van der Waals surface area contributed by atoms with Crippen molar-refractivity contribution in [2.45, 2.75) is 83.7 Å². The Kier molecular flexibility index (Phi) is 15.8. The molecular weight excluding hydrogens is 522 g/mol. The average molecular weight is 572 g/mol. The van der Waals surface area contributed by atoms with E-state index in [4.69, 9.17) is 9.53 Å². The van der Waals surface area contributed by atoms with Gasteiger partial charge >= 0.3 is 0 Å². The van der Waals surface area contributed by atoms with Crippen LogP contribution in [0, 0.1) is 11.8 Å². The van der Waals surface area contributed by atoms with E-state index in [1.807, 2.05) is 25.1 Å².